The van der Waals surface area contributed by atoms with E-state index in [1.54, 1.807) is 18.6 Å². The smallest absolute Gasteiger partial charge is 0.263 e. The lowest BCUT2D eigenvalue weighted by atomic mass is 10.1. The van der Waals surface area contributed by atoms with Gasteiger partial charge in [-0.15, -0.1) is 0 Å². The summed E-state index contributed by atoms with van der Waals surface area (Å²) in [6.07, 6.45) is 26.5. The molecule has 0 aromatic carbocycles. The van der Waals surface area contributed by atoms with E-state index in [9.17, 15) is 4.79 Å². The van der Waals surface area contributed by atoms with E-state index < -0.39 is 0 Å². The molecule has 2 heterocycles. The average molecular weight is 411 g/mol. The monoisotopic (exact) mass is 410 g/mol. The number of hydrogen-bond acceptors (Lipinski definition) is 4. The van der Waals surface area contributed by atoms with Gasteiger partial charge in [-0.25, -0.2) is 4.98 Å². The molecule has 0 bridgehead atoms. The van der Waals surface area contributed by atoms with Gasteiger partial charge in [0.2, 0.25) is 5.78 Å². The minimum absolute atomic E-state index is 0.00654. The highest BCUT2D eigenvalue weighted by molar-refractivity contribution is 5.91. The first-order chi connectivity index (χ1) is 14.8. The van der Waals surface area contributed by atoms with E-state index in [2.05, 4.69) is 29.0 Å². The van der Waals surface area contributed by atoms with Crippen molar-refractivity contribution < 1.29 is 9.21 Å². The number of rotatable bonds is 17. The fourth-order valence-corrected chi connectivity index (χ4v) is 3.52. The summed E-state index contributed by atoms with van der Waals surface area (Å²) in [5.74, 6) is 0.829. The van der Waals surface area contributed by atoms with Crippen LogP contribution in [0.5, 0.6) is 0 Å². The maximum Gasteiger partial charge on any atom is 0.263 e. The van der Waals surface area contributed by atoms with Crippen LogP contribution in [0.4, 0.5) is 0 Å². The van der Waals surface area contributed by atoms with Crippen LogP contribution >= 0.6 is 0 Å². The Morgan fingerprint density at radius 3 is 2.13 bits per heavy atom. The van der Waals surface area contributed by atoms with Gasteiger partial charge in [-0.2, -0.15) is 0 Å². The van der Waals surface area contributed by atoms with Crippen molar-refractivity contribution in [3.05, 3.63) is 48.8 Å². The Morgan fingerprint density at radius 1 is 0.867 bits per heavy atom. The van der Waals surface area contributed by atoms with Crippen molar-refractivity contribution in [2.45, 2.75) is 96.8 Å². The first-order valence-corrected chi connectivity index (χ1v) is 11.9. The average Bonchev–Trinajstić information content (AvgIpc) is 3.27. The predicted octanol–water partition coefficient (Wildman–Crippen LogP) is 7.96. The summed E-state index contributed by atoms with van der Waals surface area (Å²) in [6, 6.07) is 3.69. The molecule has 0 fully saturated rings. The van der Waals surface area contributed by atoms with E-state index in [1.807, 2.05) is 12.1 Å². The molecule has 0 amide bonds. The minimum Gasteiger partial charge on any atom is -0.434 e. The largest absolute Gasteiger partial charge is 0.434 e. The number of allylic oxidation sites excluding steroid dienone is 2. The molecule has 0 aliphatic heterocycles. The summed E-state index contributed by atoms with van der Waals surface area (Å²) in [5, 5.41) is 0. The second kappa shape index (κ2) is 15.6. The molecule has 0 spiro atoms. The number of aromatic nitrogens is 2. The highest BCUT2D eigenvalue weighted by Gasteiger charge is 2.13. The van der Waals surface area contributed by atoms with Crippen LogP contribution in [-0.4, -0.2) is 15.8 Å². The number of oxazole rings is 1. The lowest BCUT2D eigenvalue weighted by Crippen LogP contribution is -1.98. The van der Waals surface area contributed by atoms with Crippen LogP contribution in [0.2, 0.25) is 0 Å². The molecule has 0 unspecified atom stereocenters. The molecule has 164 valence electrons. The molecule has 4 heteroatoms. The Morgan fingerprint density at radius 2 is 1.47 bits per heavy atom. The van der Waals surface area contributed by atoms with Crippen molar-refractivity contribution in [1.82, 2.24) is 9.97 Å². The molecule has 2 rings (SSSR count). The van der Waals surface area contributed by atoms with Crippen molar-refractivity contribution in [3.63, 3.8) is 0 Å². The zero-order valence-electron chi connectivity index (χ0n) is 18.7. The second-order valence-corrected chi connectivity index (χ2v) is 8.02. The van der Waals surface area contributed by atoms with Crippen molar-refractivity contribution in [2.24, 2.45) is 0 Å². The third kappa shape index (κ3) is 10.00. The number of carbonyl (C=O) groups is 1. The van der Waals surface area contributed by atoms with Gasteiger partial charge in [0.1, 0.15) is 0 Å². The van der Waals surface area contributed by atoms with Gasteiger partial charge in [-0.1, -0.05) is 70.4 Å². The zero-order chi connectivity index (χ0) is 21.3. The Kier molecular flexibility index (Phi) is 12.5. The van der Waals surface area contributed by atoms with E-state index in [0.29, 0.717) is 12.2 Å². The lowest BCUT2D eigenvalue weighted by Gasteiger charge is -2.00. The van der Waals surface area contributed by atoms with Crippen molar-refractivity contribution in [1.29, 1.82) is 0 Å². The minimum atomic E-state index is -0.00654. The molecule has 2 aromatic rings. The van der Waals surface area contributed by atoms with E-state index in [4.69, 9.17) is 4.42 Å². The summed E-state index contributed by atoms with van der Waals surface area (Å²) in [4.78, 5) is 20.4. The van der Waals surface area contributed by atoms with Crippen molar-refractivity contribution in [3.8, 4) is 11.3 Å². The third-order valence-electron chi connectivity index (χ3n) is 5.37. The van der Waals surface area contributed by atoms with Crippen LogP contribution in [0.15, 0.2) is 47.3 Å². The fraction of sp³-hybridized carbons (Fsp3) is 0.577. The third-order valence-corrected chi connectivity index (χ3v) is 5.37. The van der Waals surface area contributed by atoms with Gasteiger partial charge < -0.3 is 4.42 Å². The van der Waals surface area contributed by atoms with Gasteiger partial charge in [0.25, 0.3) is 5.89 Å². The van der Waals surface area contributed by atoms with Crippen molar-refractivity contribution in [2.75, 3.05) is 0 Å². The quantitative estimate of drug-likeness (QED) is 0.151. The number of Topliss-reactive ketones (excluding diaryl/α,β-unsaturated/α-hetero) is 1. The second-order valence-electron chi connectivity index (χ2n) is 8.02. The molecule has 2 aromatic heterocycles. The number of hydrogen-bond donors (Lipinski definition) is 0. The van der Waals surface area contributed by atoms with Gasteiger partial charge in [0, 0.05) is 24.4 Å². The normalized spacial score (nSPS) is 11.4. The maximum atomic E-state index is 12.2. The Balaban J connectivity index is 1.45. The van der Waals surface area contributed by atoms with E-state index in [1.165, 1.54) is 70.6 Å². The van der Waals surface area contributed by atoms with Crippen LogP contribution < -0.4 is 0 Å². The standard InChI is InChI=1S/C26H38N2O2/c1-2-3-4-5-6-7-8-9-10-11-12-13-14-15-16-17-24(29)26-28-22-25(30-26)23-18-20-27-21-19-23/h9-10,18-22H,2-8,11-17H2,1H3/b10-9-. The molecule has 0 saturated carbocycles. The van der Waals surface area contributed by atoms with Crippen LogP contribution in [0.1, 0.15) is 108 Å². The molecule has 0 aliphatic carbocycles. The Bertz CT molecular complexity index is 722. The molecule has 0 atom stereocenters. The Hall–Kier alpha value is -2.23. The van der Waals surface area contributed by atoms with E-state index in [-0.39, 0.29) is 11.7 Å². The predicted molar refractivity (Wildman–Crippen MR) is 124 cm³/mol. The fourth-order valence-electron chi connectivity index (χ4n) is 3.52. The number of pyridine rings is 1. The summed E-state index contributed by atoms with van der Waals surface area (Å²) in [5.41, 5.74) is 0.887. The molecule has 0 radical (unpaired) electrons. The number of nitrogens with zero attached hydrogens (tertiary/aromatic N) is 2. The van der Waals surface area contributed by atoms with Crippen LogP contribution in [0.3, 0.4) is 0 Å². The number of ketones is 1. The SMILES string of the molecule is CCCCCCCC/C=C\CCCCCCCC(=O)c1ncc(-c2ccncc2)o1. The van der Waals surface area contributed by atoms with E-state index in [0.717, 1.165) is 18.4 Å². The van der Waals surface area contributed by atoms with E-state index >= 15 is 0 Å². The van der Waals surface area contributed by atoms with Gasteiger partial charge >= 0.3 is 0 Å². The zero-order valence-corrected chi connectivity index (χ0v) is 18.7. The van der Waals surface area contributed by atoms with Gasteiger partial charge in [-0.05, 0) is 44.2 Å². The summed E-state index contributed by atoms with van der Waals surface area (Å²) >= 11 is 0. The summed E-state index contributed by atoms with van der Waals surface area (Å²) in [7, 11) is 0. The van der Waals surface area contributed by atoms with Gasteiger partial charge in [-0.3, -0.25) is 9.78 Å². The molecular weight excluding hydrogens is 372 g/mol. The van der Waals surface area contributed by atoms with Crippen molar-refractivity contribution >= 4 is 5.78 Å². The molecule has 30 heavy (non-hydrogen) atoms. The lowest BCUT2D eigenvalue weighted by molar-refractivity contribution is 0.0946. The number of unbranched alkanes of at least 4 members (excludes halogenated alkanes) is 11. The van der Waals surface area contributed by atoms with Gasteiger partial charge in [0.05, 0.1) is 6.20 Å². The number of carbonyl (C=O) groups excluding carboxylic acids is 1. The van der Waals surface area contributed by atoms with Gasteiger partial charge in [0.15, 0.2) is 5.76 Å². The molecule has 0 N–H and O–H groups in total. The molecule has 0 saturated heterocycles. The molecule has 0 aliphatic rings. The van der Waals surface area contributed by atoms with Crippen LogP contribution in [-0.2, 0) is 0 Å². The maximum absolute atomic E-state index is 12.2. The van der Waals surface area contributed by atoms with Crippen LogP contribution in [0, 0.1) is 0 Å². The molecular formula is C26H38N2O2. The topological polar surface area (TPSA) is 56.0 Å². The summed E-state index contributed by atoms with van der Waals surface area (Å²) in [6.45, 7) is 2.26. The highest BCUT2D eigenvalue weighted by atomic mass is 16.4. The molecule has 4 nitrogen and oxygen atoms in total. The first-order valence-electron chi connectivity index (χ1n) is 11.9. The summed E-state index contributed by atoms with van der Waals surface area (Å²) < 4.78 is 5.61. The highest BCUT2D eigenvalue weighted by Crippen LogP contribution is 2.20. The Labute approximate surface area is 182 Å². The van der Waals surface area contributed by atoms with Crippen LogP contribution in [0.25, 0.3) is 11.3 Å². The first kappa shape index (κ1) is 24.0.